The molecular formula is C12H17N5S. The Balaban J connectivity index is 1.61. The fourth-order valence-electron chi connectivity index (χ4n) is 2.50. The van der Waals surface area contributed by atoms with E-state index in [2.05, 4.69) is 26.4 Å². The molecule has 18 heavy (non-hydrogen) atoms. The Morgan fingerprint density at radius 2 is 2.33 bits per heavy atom. The largest absolute Gasteiger partial charge is 0.346 e. The van der Waals surface area contributed by atoms with Gasteiger partial charge in [0, 0.05) is 26.3 Å². The molecule has 3 heterocycles. The Morgan fingerprint density at radius 3 is 3.00 bits per heavy atom. The molecule has 1 saturated heterocycles. The number of aromatic nitrogens is 4. The van der Waals surface area contributed by atoms with Crippen molar-refractivity contribution in [1.82, 2.24) is 20.0 Å². The molecule has 6 heteroatoms. The lowest BCUT2D eigenvalue weighted by Gasteiger charge is -2.13. The fourth-order valence-corrected chi connectivity index (χ4v) is 3.22. The summed E-state index contributed by atoms with van der Waals surface area (Å²) in [7, 11) is 1.97. The summed E-state index contributed by atoms with van der Waals surface area (Å²) < 4.78 is 1.87. The lowest BCUT2D eigenvalue weighted by atomic mass is 10.0. The molecule has 2 aromatic rings. The molecule has 1 aliphatic heterocycles. The number of rotatable bonds is 3. The van der Waals surface area contributed by atoms with Crippen LogP contribution in [-0.4, -0.2) is 33.1 Å². The quantitative estimate of drug-likeness (QED) is 0.845. The predicted molar refractivity (Wildman–Crippen MR) is 71.9 cm³/mol. The molecule has 96 valence electrons. The lowest BCUT2D eigenvalue weighted by Crippen LogP contribution is -2.19. The van der Waals surface area contributed by atoms with E-state index < -0.39 is 0 Å². The second-order valence-electron chi connectivity index (χ2n) is 4.93. The highest BCUT2D eigenvalue weighted by Gasteiger charge is 2.25. The SMILES string of the molecule is Cc1nnc(N2CCC(Cc3cnn(C)c3)C2)s1. The van der Waals surface area contributed by atoms with Gasteiger partial charge in [-0.2, -0.15) is 5.10 Å². The zero-order valence-corrected chi connectivity index (χ0v) is 11.5. The number of hydrogen-bond acceptors (Lipinski definition) is 5. The monoisotopic (exact) mass is 263 g/mol. The summed E-state index contributed by atoms with van der Waals surface area (Å²) in [5, 5.41) is 14.6. The van der Waals surface area contributed by atoms with Crippen LogP contribution in [0.15, 0.2) is 12.4 Å². The first kappa shape index (κ1) is 11.6. The first-order valence-electron chi connectivity index (χ1n) is 6.23. The maximum absolute atomic E-state index is 4.22. The molecule has 0 amide bonds. The first-order valence-corrected chi connectivity index (χ1v) is 7.05. The molecule has 5 nitrogen and oxygen atoms in total. The summed E-state index contributed by atoms with van der Waals surface area (Å²) >= 11 is 1.68. The van der Waals surface area contributed by atoms with Gasteiger partial charge in [0.05, 0.1) is 6.20 Å². The van der Waals surface area contributed by atoms with Gasteiger partial charge >= 0.3 is 0 Å². The summed E-state index contributed by atoms with van der Waals surface area (Å²) in [5.74, 6) is 0.707. The Labute approximate surface area is 110 Å². The third-order valence-corrected chi connectivity index (χ3v) is 4.25. The highest BCUT2D eigenvalue weighted by Crippen LogP contribution is 2.28. The average molecular weight is 263 g/mol. The van der Waals surface area contributed by atoms with Crippen LogP contribution >= 0.6 is 11.3 Å². The van der Waals surface area contributed by atoms with Crippen LogP contribution in [0.25, 0.3) is 0 Å². The Kier molecular flexibility index (Phi) is 3.03. The van der Waals surface area contributed by atoms with Crippen LogP contribution in [0.1, 0.15) is 17.0 Å². The molecule has 0 N–H and O–H groups in total. The van der Waals surface area contributed by atoms with Crippen molar-refractivity contribution in [2.45, 2.75) is 19.8 Å². The van der Waals surface area contributed by atoms with Crippen molar-refractivity contribution in [2.24, 2.45) is 13.0 Å². The van der Waals surface area contributed by atoms with Gasteiger partial charge in [0.1, 0.15) is 5.01 Å². The number of aryl methyl sites for hydroxylation is 2. The zero-order chi connectivity index (χ0) is 12.5. The Bertz CT molecular complexity index is 532. The van der Waals surface area contributed by atoms with Crippen LogP contribution in [0.5, 0.6) is 0 Å². The molecule has 0 aromatic carbocycles. The van der Waals surface area contributed by atoms with Gasteiger partial charge in [-0.05, 0) is 31.2 Å². The summed E-state index contributed by atoms with van der Waals surface area (Å²) in [4.78, 5) is 2.35. The molecule has 0 saturated carbocycles. The van der Waals surface area contributed by atoms with E-state index in [4.69, 9.17) is 0 Å². The highest BCUT2D eigenvalue weighted by atomic mass is 32.1. The normalized spacial score (nSPS) is 19.7. The molecule has 0 bridgehead atoms. The van der Waals surface area contributed by atoms with Crippen LogP contribution in [0.2, 0.25) is 0 Å². The van der Waals surface area contributed by atoms with Crippen LogP contribution in [0, 0.1) is 12.8 Å². The van der Waals surface area contributed by atoms with Gasteiger partial charge in [0.25, 0.3) is 0 Å². The van der Waals surface area contributed by atoms with Crippen molar-refractivity contribution in [3.05, 3.63) is 23.0 Å². The van der Waals surface area contributed by atoms with E-state index in [-0.39, 0.29) is 0 Å². The number of anilines is 1. The van der Waals surface area contributed by atoms with Crippen molar-refractivity contribution in [3.8, 4) is 0 Å². The summed E-state index contributed by atoms with van der Waals surface area (Å²) in [6.45, 7) is 4.19. The molecular weight excluding hydrogens is 246 g/mol. The van der Waals surface area contributed by atoms with Gasteiger partial charge in [-0.15, -0.1) is 10.2 Å². The zero-order valence-electron chi connectivity index (χ0n) is 10.7. The summed E-state index contributed by atoms with van der Waals surface area (Å²) in [6.07, 6.45) is 6.42. The number of nitrogens with zero attached hydrogens (tertiary/aromatic N) is 5. The minimum Gasteiger partial charge on any atom is -0.346 e. The molecule has 3 rings (SSSR count). The summed E-state index contributed by atoms with van der Waals surface area (Å²) in [5.41, 5.74) is 1.33. The van der Waals surface area contributed by atoms with Crippen molar-refractivity contribution in [2.75, 3.05) is 18.0 Å². The Morgan fingerprint density at radius 1 is 1.44 bits per heavy atom. The van der Waals surface area contributed by atoms with Gasteiger partial charge in [0.15, 0.2) is 0 Å². The van der Waals surface area contributed by atoms with Crippen LogP contribution < -0.4 is 4.90 Å². The highest BCUT2D eigenvalue weighted by molar-refractivity contribution is 7.15. The van der Waals surface area contributed by atoms with Gasteiger partial charge in [-0.25, -0.2) is 0 Å². The van der Waals surface area contributed by atoms with Gasteiger partial charge < -0.3 is 4.90 Å². The summed E-state index contributed by atoms with van der Waals surface area (Å²) in [6, 6.07) is 0. The molecule has 1 atom stereocenters. The lowest BCUT2D eigenvalue weighted by molar-refractivity contribution is 0.586. The predicted octanol–water partition coefficient (Wildman–Crippen LogP) is 1.65. The third kappa shape index (κ3) is 2.38. The van der Waals surface area contributed by atoms with E-state index in [0.29, 0.717) is 5.92 Å². The first-order chi connectivity index (χ1) is 8.70. The number of hydrogen-bond donors (Lipinski definition) is 0. The van der Waals surface area contributed by atoms with Crippen molar-refractivity contribution >= 4 is 16.5 Å². The average Bonchev–Trinajstić information content (AvgIpc) is 3.01. The maximum atomic E-state index is 4.22. The van der Waals surface area contributed by atoms with Crippen molar-refractivity contribution < 1.29 is 0 Å². The minimum atomic E-state index is 0.707. The van der Waals surface area contributed by atoms with Gasteiger partial charge in [-0.3, -0.25) is 4.68 Å². The van der Waals surface area contributed by atoms with E-state index in [1.807, 2.05) is 24.9 Å². The van der Waals surface area contributed by atoms with E-state index >= 15 is 0 Å². The second kappa shape index (κ2) is 4.68. The Hall–Kier alpha value is -1.43. The van der Waals surface area contributed by atoms with E-state index in [0.717, 1.165) is 29.6 Å². The molecule has 0 radical (unpaired) electrons. The minimum absolute atomic E-state index is 0.707. The van der Waals surface area contributed by atoms with E-state index in [1.165, 1.54) is 12.0 Å². The van der Waals surface area contributed by atoms with E-state index in [9.17, 15) is 0 Å². The maximum Gasteiger partial charge on any atom is 0.208 e. The molecule has 1 fully saturated rings. The molecule has 2 aromatic heterocycles. The molecule has 0 aliphatic carbocycles. The van der Waals surface area contributed by atoms with Crippen molar-refractivity contribution in [1.29, 1.82) is 0 Å². The molecule has 1 unspecified atom stereocenters. The van der Waals surface area contributed by atoms with Crippen molar-refractivity contribution in [3.63, 3.8) is 0 Å². The standard InChI is InChI=1S/C12H17N5S/c1-9-14-15-12(18-9)17-4-3-10(8-17)5-11-6-13-16(2)7-11/h6-7,10H,3-5,8H2,1-2H3. The van der Waals surface area contributed by atoms with Crippen LogP contribution in [-0.2, 0) is 13.5 Å². The molecule has 1 aliphatic rings. The smallest absolute Gasteiger partial charge is 0.208 e. The topological polar surface area (TPSA) is 46.8 Å². The van der Waals surface area contributed by atoms with Gasteiger partial charge in [-0.1, -0.05) is 11.3 Å². The second-order valence-corrected chi connectivity index (χ2v) is 6.09. The van der Waals surface area contributed by atoms with Crippen LogP contribution in [0.3, 0.4) is 0 Å². The molecule has 0 spiro atoms. The van der Waals surface area contributed by atoms with E-state index in [1.54, 1.807) is 11.3 Å². The fraction of sp³-hybridized carbons (Fsp3) is 0.583. The third-order valence-electron chi connectivity index (χ3n) is 3.35. The van der Waals surface area contributed by atoms with Gasteiger partial charge in [0.2, 0.25) is 5.13 Å². The van der Waals surface area contributed by atoms with Crippen LogP contribution in [0.4, 0.5) is 5.13 Å².